The van der Waals surface area contributed by atoms with Crippen LogP contribution in [-0.4, -0.2) is 22.4 Å². The minimum atomic E-state index is -0.644. The normalized spacial score (nSPS) is 16.1. The summed E-state index contributed by atoms with van der Waals surface area (Å²) in [5.41, 5.74) is 1.09. The summed E-state index contributed by atoms with van der Waals surface area (Å²) in [7, 11) is 0. The molecule has 74 valence electrons. The van der Waals surface area contributed by atoms with Crippen molar-refractivity contribution in [3.8, 4) is 0 Å². The van der Waals surface area contributed by atoms with Crippen LogP contribution in [0.25, 0.3) is 0 Å². The highest BCUT2D eigenvalue weighted by atomic mass is 32.1. The second kappa shape index (κ2) is 4.74. The Balaban J connectivity index is 2.45. The van der Waals surface area contributed by atoms with Gasteiger partial charge in [0, 0.05) is 6.42 Å². The van der Waals surface area contributed by atoms with Crippen molar-refractivity contribution < 1.29 is 10.2 Å². The molecular weight excluding hydrogens is 184 g/mol. The molecule has 2 atom stereocenters. The van der Waals surface area contributed by atoms with E-state index in [0.29, 0.717) is 6.42 Å². The number of aliphatic hydroxyl groups excluding tert-OH is 2. The second-order valence-electron chi connectivity index (χ2n) is 3.64. The van der Waals surface area contributed by atoms with Crippen molar-refractivity contribution in [3.05, 3.63) is 22.4 Å². The Morgan fingerprint density at radius 2 is 2.08 bits per heavy atom. The second-order valence-corrected chi connectivity index (χ2v) is 4.42. The third-order valence-corrected chi connectivity index (χ3v) is 2.83. The molecule has 0 radical (unpaired) electrons. The summed E-state index contributed by atoms with van der Waals surface area (Å²) in [5.74, 6) is 0.105. The van der Waals surface area contributed by atoms with E-state index in [1.54, 1.807) is 11.3 Å². The molecule has 0 aromatic carbocycles. The van der Waals surface area contributed by atoms with E-state index < -0.39 is 12.2 Å². The Morgan fingerprint density at radius 1 is 1.38 bits per heavy atom. The first-order valence-electron chi connectivity index (χ1n) is 4.48. The zero-order valence-electron chi connectivity index (χ0n) is 7.97. The number of thiophene rings is 1. The van der Waals surface area contributed by atoms with Gasteiger partial charge in [-0.05, 0) is 28.3 Å². The number of hydrogen-bond donors (Lipinski definition) is 2. The molecule has 1 aromatic rings. The Bertz CT molecular complexity index is 231. The van der Waals surface area contributed by atoms with Crippen molar-refractivity contribution >= 4 is 11.3 Å². The third-order valence-electron chi connectivity index (χ3n) is 2.10. The molecule has 0 aliphatic rings. The molecule has 0 saturated heterocycles. The smallest absolute Gasteiger partial charge is 0.0842 e. The average Bonchev–Trinajstić information content (AvgIpc) is 2.55. The van der Waals surface area contributed by atoms with E-state index >= 15 is 0 Å². The first-order valence-corrected chi connectivity index (χ1v) is 5.42. The van der Waals surface area contributed by atoms with E-state index in [0.717, 1.165) is 5.56 Å². The van der Waals surface area contributed by atoms with Gasteiger partial charge in [-0.15, -0.1) is 0 Å². The molecule has 0 amide bonds. The van der Waals surface area contributed by atoms with Crippen molar-refractivity contribution in [2.24, 2.45) is 5.92 Å². The molecule has 0 saturated carbocycles. The zero-order valence-corrected chi connectivity index (χ0v) is 8.79. The third kappa shape index (κ3) is 3.10. The quantitative estimate of drug-likeness (QED) is 0.776. The highest BCUT2D eigenvalue weighted by molar-refractivity contribution is 7.07. The lowest BCUT2D eigenvalue weighted by Crippen LogP contribution is -2.32. The van der Waals surface area contributed by atoms with Crippen molar-refractivity contribution in [1.29, 1.82) is 0 Å². The van der Waals surface area contributed by atoms with Crippen molar-refractivity contribution in [1.82, 2.24) is 0 Å². The lowest BCUT2D eigenvalue weighted by Gasteiger charge is -2.20. The predicted molar refractivity (Wildman–Crippen MR) is 54.9 cm³/mol. The van der Waals surface area contributed by atoms with Crippen LogP contribution in [0.5, 0.6) is 0 Å². The van der Waals surface area contributed by atoms with Crippen LogP contribution in [0.4, 0.5) is 0 Å². The summed E-state index contributed by atoms with van der Waals surface area (Å²) in [6.07, 6.45) is -0.724. The van der Waals surface area contributed by atoms with Crippen LogP contribution >= 0.6 is 11.3 Å². The van der Waals surface area contributed by atoms with Gasteiger partial charge in [0.1, 0.15) is 0 Å². The maximum absolute atomic E-state index is 9.61. The molecule has 3 heteroatoms. The molecule has 1 aromatic heterocycles. The van der Waals surface area contributed by atoms with E-state index in [-0.39, 0.29) is 5.92 Å². The van der Waals surface area contributed by atoms with Gasteiger partial charge in [-0.25, -0.2) is 0 Å². The average molecular weight is 200 g/mol. The van der Waals surface area contributed by atoms with Crippen LogP contribution in [0.3, 0.4) is 0 Å². The summed E-state index contributed by atoms with van der Waals surface area (Å²) in [6.45, 7) is 3.81. The first-order chi connectivity index (χ1) is 6.11. The maximum Gasteiger partial charge on any atom is 0.0842 e. The van der Waals surface area contributed by atoms with E-state index in [1.807, 2.05) is 30.7 Å². The molecule has 0 fully saturated rings. The molecule has 0 spiro atoms. The Morgan fingerprint density at radius 3 is 2.54 bits per heavy atom. The molecule has 2 N–H and O–H groups in total. The molecule has 1 heterocycles. The maximum atomic E-state index is 9.61. The standard InChI is InChI=1S/C10H16O2S/c1-7(2)10(12)9(11)5-8-3-4-13-6-8/h3-4,6-7,9-12H,5H2,1-2H3. The lowest BCUT2D eigenvalue weighted by atomic mass is 9.98. The Labute approximate surface area is 82.8 Å². The predicted octanol–water partition coefficient (Wildman–Crippen LogP) is 1.67. The zero-order chi connectivity index (χ0) is 9.84. The minimum Gasteiger partial charge on any atom is -0.390 e. The summed E-state index contributed by atoms with van der Waals surface area (Å²) in [5, 5.41) is 23.1. The van der Waals surface area contributed by atoms with Gasteiger partial charge in [0.15, 0.2) is 0 Å². The summed E-state index contributed by atoms with van der Waals surface area (Å²) >= 11 is 1.61. The summed E-state index contributed by atoms with van der Waals surface area (Å²) in [6, 6.07) is 1.97. The van der Waals surface area contributed by atoms with Gasteiger partial charge < -0.3 is 10.2 Å². The van der Waals surface area contributed by atoms with Gasteiger partial charge in [0.05, 0.1) is 12.2 Å². The van der Waals surface area contributed by atoms with E-state index in [4.69, 9.17) is 0 Å². The number of hydrogen-bond acceptors (Lipinski definition) is 3. The highest BCUT2D eigenvalue weighted by Gasteiger charge is 2.19. The molecule has 1 rings (SSSR count). The van der Waals surface area contributed by atoms with E-state index in [1.165, 1.54) is 0 Å². The van der Waals surface area contributed by atoms with Crippen LogP contribution in [0.2, 0.25) is 0 Å². The summed E-state index contributed by atoms with van der Waals surface area (Å²) in [4.78, 5) is 0. The molecule has 13 heavy (non-hydrogen) atoms. The van der Waals surface area contributed by atoms with E-state index in [9.17, 15) is 10.2 Å². The lowest BCUT2D eigenvalue weighted by molar-refractivity contribution is -0.00726. The number of rotatable bonds is 4. The number of aliphatic hydroxyl groups is 2. The van der Waals surface area contributed by atoms with Gasteiger partial charge in [-0.1, -0.05) is 13.8 Å². The van der Waals surface area contributed by atoms with Gasteiger partial charge in [0.2, 0.25) is 0 Å². The van der Waals surface area contributed by atoms with Crippen LogP contribution in [0, 0.1) is 5.92 Å². The molecule has 0 aliphatic heterocycles. The van der Waals surface area contributed by atoms with E-state index in [2.05, 4.69) is 0 Å². The van der Waals surface area contributed by atoms with Crippen LogP contribution in [0.15, 0.2) is 16.8 Å². The molecular formula is C10H16O2S. The molecule has 0 aliphatic carbocycles. The summed E-state index contributed by atoms with van der Waals surface area (Å²) < 4.78 is 0. The van der Waals surface area contributed by atoms with Gasteiger partial charge in [0.25, 0.3) is 0 Å². The van der Waals surface area contributed by atoms with Crippen LogP contribution in [-0.2, 0) is 6.42 Å². The Kier molecular flexibility index (Phi) is 3.90. The SMILES string of the molecule is CC(C)C(O)C(O)Cc1ccsc1. The van der Waals surface area contributed by atoms with Crippen molar-refractivity contribution in [3.63, 3.8) is 0 Å². The molecule has 2 nitrogen and oxygen atoms in total. The molecule has 0 bridgehead atoms. The minimum absolute atomic E-state index is 0.105. The highest BCUT2D eigenvalue weighted by Crippen LogP contribution is 2.13. The van der Waals surface area contributed by atoms with Crippen molar-refractivity contribution in [2.75, 3.05) is 0 Å². The van der Waals surface area contributed by atoms with Crippen LogP contribution in [0.1, 0.15) is 19.4 Å². The fourth-order valence-corrected chi connectivity index (χ4v) is 1.90. The monoisotopic (exact) mass is 200 g/mol. The fourth-order valence-electron chi connectivity index (χ4n) is 1.22. The van der Waals surface area contributed by atoms with Crippen LogP contribution < -0.4 is 0 Å². The molecule has 2 unspecified atom stereocenters. The van der Waals surface area contributed by atoms with Gasteiger partial charge >= 0.3 is 0 Å². The fraction of sp³-hybridized carbons (Fsp3) is 0.600. The largest absolute Gasteiger partial charge is 0.390 e. The van der Waals surface area contributed by atoms with Crippen molar-refractivity contribution in [2.45, 2.75) is 32.5 Å². The Hall–Kier alpha value is -0.380. The van der Waals surface area contributed by atoms with Gasteiger partial charge in [-0.3, -0.25) is 0 Å². The topological polar surface area (TPSA) is 40.5 Å². The first kappa shape index (κ1) is 10.7. The van der Waals surface area contributed by atoms with Gasteiger partial charge in [-0.2, -0.15) is 11.3 Å².